The molecule has 0 aliphatic heterocycles. The second-order valence-corrected chi connectivity index (χ2v) is 11.9. The Balaban J connectivity index is 1.51. The lowest BCUT2D eigenvalue weighted by atomic mass is 10.2. The first kappa shape index (κ1) is 25.2. The van der Waals surface area contributed by atoms with Crippen LogP contribution in [0.2, 0.25) is 0 Å². The van der Waals surface area contributed by atoms with Crippen LogP contribution in [-0.4, -0.2) is 38.4 Å². The topological polar surface area (TPSA) is 76.6 Å². The third-order valence-corrected chi connectivity index (χ3v) is 9.11. The summed E-state index contributed by atoms with van der Waals surface area (Å²) in [6.45, 7) is 0.375. The van der Waals surface area contributed by atoms with E-state index in [-0.39, 0.29) is 29.4 Å². The lowest BCUT2D eigenvalue weighted by Gasteiger charge is -2.20. The monoisotopic (exact) mass is 526 g/mol. The molecular formula is C26H26N2O4S3. The number of carbonyl (C=O) groups is 1. The minimum absolute atomic E-state index is 0.105. The molecule has 0 fully saturated rings. The van der Waals surface area contributed by atoms with Crippen molar-refractivity contribution in [2.45, 2.75) is 29.2 Å². The summed E-state index contributed by atoms with van der Waals surface area (Å²) in [5, 5.41) is 0.616. The largest absolute Gasteiger partial charge is 0.497 e. The Bertz CT molecular complexity index is 1400. The summed E-state index contributed by atoms with van der Waals surface area (Å²) >= 11 is 3.13. The molecule has 35 heavy (non-hydrogen) atoms. The number of hydrogen-bond donors (Lipinski definition) is 0. The maximum absolute atomic E-state index is 13.3. The van der Waals surface area contributed by atoms with E-state index in [9.17, 15) is 13.2 Å². The number of amides is 1. The predicted octanol–water partition coefficient (Wildman–Crippen LogP) is 5.81. The van der Waals surface area contributed by atoms with Crippen molar-refractivity contribution in [2.24, 2.45) is 0 Å². The summed E-state index contributed by atoms with van der Waals surface area (Å²) in [4.78, 5) is 21.1. The van der Waals surface area contributed by atoms with Gasteiger partial charge in [-0.1, -0.05) is 41.7 Å². The number of thiazole rings is 1. The highest BCUT2D eigenvalue weighted by atomic mass is 32.2. The lowest BCUT2D eigenvalue weighted by molar-refractivity contribution is -0.118. The fourth-order valence-corrected chi connectivity index (χ4v) is 6.46. The van der Waals surface area contributed by atoms with Gasteiger partial charge in [0, 0.05) is 11.3 Å². The van der Waals surface area contributed by atoms with Crippen LogP contribution in [0.15, 0.2) is 82.6 Å². The van der Waals surface area contributed by atoms with Crippen molar-refractivity contribution >= 4 is 54.2 Å². The molecule has 6 nitrogen and oxygen atoms in total. The Morgan fingerprint density at radius 2 is 1.80 bits per heavy atom. The molecule has 0 saturated carbocycles. The van der Waals surface area contributed by atoms with Gasteiger partial charge in [0.05, 0.1) is 34.5 Å². The number of hydrogen-bond acceptors (Lipinski definition) is 7. The molecule has 0 saturated heterocycles. The van der Waals surface area contributed by atoms with Crippen LogP contribution in [0.5, 0.6) is 5.75 Å². The number of fused-ring (bicyclic) bond motifs is 1. The molecule has 182 valence electrons. The van der Waals surface area contributed by atoms with Gasteiger partial charge in [0.15, 0.2) is 15.0 Å². The van der Waals surface area contributed by atoms with Crippen molar-refractivity contribution in [2.75, 3.05) is 24.0 Å². The number of anilines is 1. The van der Waals surface area contributed by atoms with Crippen molar-refractivity contribution in [3.8, 4) is 5.75 Å². The summed E-state index contributed by atoms with van der Waals surface area (Å²) in [5.41, 5.74) is 1.83. The third kappa shape index (κ3) is 6.22. The van der Waals surface area contributed by atoms with Gasteiger partial charge in [-0.05, 0) is 60.7 Å². The quantitative estimate of drug-likeness (QED) is 0.243. The summed E-state index contributed by atoms with van der Waals surface area (Å²) < 4.78 is 31.6. The summed E-state index contributed by atoms with van der Waals surface area (Å²) in [5.74, 6) is 0.334. The zero-order chi connectivity index (χ0) is 24.8. The molecule has 0 atom stereocenters. The average Bonchev–Trinajstić information content (AvgIpc) is 3.30. The van der Waals surface area contributed by atoms with E-state index in [0.717, 1.165) is 20.7 Å². The summed E-state index contributed by atoms with van der Waals surface area (Å²) in [6.07, 6.45) is 2.35. The van der Waals surface area contributed by atoms with Crippen LogP contribution >= 0.6 is 23.1 Å². The second-order valence-electron chi connectivity index (χ2n) is 7.89. The molecule has 4 rings (SSSR count). The Morgan fingerprint density at radius 1 is 1.06 bits per heavy atom. The minimum atomic E-state index is -3.50. The second kappa shape index (κ2) is 11.2. The maximum atomic E-state index is 13.3. The van der Waals surface area contributed by atoms with Gasteiger partial charge in [0.1, 0.15) is 5.75 Å². The molecule has 9 heteroatoms. The van der Waals surface area contributed by atoms with E-state index in [1.54, 1.807) is 28.8 Å². The first-order valence-corrected chi connectivity index (χ1v) is 14.7. The number of aromatic nitrogens is 1. The molecule has 3 aromatic carbocycles. The molecule has 1 aromatic heterocycles. The molecular weight excluding hydrogens is 500 g/mol. The Hall–Kier alpha value is -2.88. The van der Waals surface area contributed by atoms with Gasteiger partial charge in [-0.3, -0.25) is 9.69 Å². The van der Waals surface area contributed by atoms with Gasteiger partial charge < -0.3 is 4.74 Å². The number of thioether (sulfide) groups is 1. The summed E-state index contributed by atoms with van der Waals surface area (Å²) in [7, 11) is -1.97. The Morgan fingerprint density at radius 3 is 2.49 bits per heavy atom. The van der Waals surface area contributed by atoms with Crippen LogP contribution in [0.1, 0.15) is 18.4 Å². The fraction of sp³-hybridized carbons (Fsp3) is 0.231. The van der Waals surface area contributed by atoms with Crippen LogP contribution in [0, 0.1) is 0 Å². The average molecular weight is 527 g/mol. The van der Waals surface area contributed by atoms with E-state index < -0.39 is 9.84 Å². The standard InChI is InChI=1S/C26H26N2O4S3/c1-32-20-10-13-22(14-11-20)35(30,31)16-6-9-25(29)28(18-19-7-4-3-5-8-19)26-27-23-15-12-21(33-2)17-24(23)34-26/h3-5,7-8,10-15,17H,6,9,16,18H2,1-2H3. The number of methoxy groups -OCH3 is 1. The molecule has 0 aliphatic rings. The zero-order valence-corrected chi connectivity index (χ0v) is 22.0. The Kier molecular flexibility index (Phi) is 8.10. The van der Waals surface area contributed by atoms with Gasteiger partial charge >= 0.3 is 0 Å². The highest BCUT2D eigenvalue weighted by Crippen LogP contribution is 2.33. The number of rotatable bonds is 10. The van der Waals surface area contributed by atoms with E-state index in [0.29, 0.717) is 17.4 Å². The van der Waals surface area contributed by atoms with E-state index in [2.05, 4.69) is 6.07 Å². The van der Waals surface area contributed by atoms with Crippen molar-refractivity contribution in [3.63, 3.8) is 0 Å². The number of carbonyl (C=O) groups excluding carboxylic acids is 1. The van der Waals surface area contributed by atoms with Crippen LogP contribution in [0.25, 0.3) is 10.2 Å². The third-order valence-electron chi connectivity index (χ3n) is 5.52. The van der Waals surface area contributed by atoms with Gasteiger partial charge in [-0.25, -0.2) is 13.4 Å². The van der Waals surface area contributed by atoms with Crippen LogP contribution in [0.3, 0.4) is 0 Å². The highest BCUT2D eigenvalue weighted by molar-refractivity contribution is 7.98. The molecule has 0 aliphatic carbocycles. The Labute approximate surface area is 213 Å². The van der Waals surface area contributed by atoms with Gasteiger partial charge in [-0.2, -0.15) is 0 Å². The first-order chi connectivity index (χ1) is 16.9. The predicted molar refractivity (Wildman–Crippen MR) is 143 cm³/mol. The molecule has 0 radical (unpaired) electrons. The van der Waals surface area contributed by atoms with E-state index in [1.165, 1.54) is 30.6 Å². The molecule has 0 unspecified atom stereocenters. The summed E-state index contributed by atoms with van der Waals surface area (Å²) in [6, 6.07) is 22.1. The van der Waals surface area contributed by atoms with Crippen molar-refractivity contribution in [3.05, 3.63) is 78.4 Å². The number of ether oxygens (including phenoxy) is 1. The molecule has 1 amide bonds. The molecule has 0 spiro atoms. The SMILES string of the molecule is COc1ccc(S(=O)(=O)CCCC(=O)N(Cc2ccccc2)c2nc3ccc(SC)cc3s2)cc1. The van der Waals surface area contributed by atoms with Crippen molar-refractivity contribution in [1.29, 1.82) is 0 Å². The van der Waals surface area contributed by atoms with Crippen molar-refractivity contribution < 1.29 is 17.9 Å². The highest BCUT2D eigenvalue weighted by Gasteiger charge is 2.22. The van der Waals surface area contributed by atoms with Gasteiger partial charge in [0.25, 0.3) is 0 Å². The first-order valence-electron chi connectivity index (χ1n) is 11.1. The number of benzene rings is 3. The zero-order valence-electron chi connectivity index (χ0n) is 19.5. The van der Waals surface area contributed by atoms with Crippen LogP contribution in [-0.2, 0) is 21.2 Å². The van der Waals surface area contributed by atoms with Crippen molar-refractivity contribution in [1.82, 2.24) is 4.98 Å². The lowest BCUT2D eigenvalue weighted by Crippen LogP contribution is -2.30. The normalized spacial score (nSPS) is 11.5. The smallest absolute Gasteiger partial charge is 0.229 e. The molecule has 4 aromatic rings. The van der Waals surface area contributed by atoms with Gasteiger partial charge in [0.2, 0.25) is 5.91 Å². The maximum Gasteiger partial charge on any atom is 0.229 e. The molecule has 1 heterocycles. The fourth-order valence-electron chi connectivity index (χ4n) is 3.61. The number of sulfone groups is 1. The van der Waals surface area contributed by atoms with E-state index in [4.69, 9.17) is 9.72 Å². The van der Waals surface area contributed by atoms with Crippen LogP contribution < -0.4 is 9.64 Å². The van der Waals surface area contributed by atoms with Gasteiger partial charge in [-0.15, -0.1) is 11.8 Å². The minimum Gasteiger partial charge on any atom is -0.497 e. The molecule has 0 N–H and O–H groups in total. The molecule has 0 bridgehead atoms. The van der Waals surface area contributed by atoms with E-state index >= 15 is 0 Å². The number of nitrogens with zero attached hydrogens (tertiary/aromatic N) is 2. The van der Waals surface area contributed by atoms with Crippen LogP contribution in [0.4, 0.5) is 5.13 Å². The van der Waals surface area contributed by atoms with E-state index in [1.807, 2.05) is 48.7 Å².